The van der Waals surface area contributed by atoms with Crippen molar-refractivity contribution in [2.24, 2.45) is 0 Å². The van der Waals surface area contributed by atoms with E-state index in [9.17, 15) is 4.39 Å². The average Bonchev–Trinajstić information content (AvgIpc) is 3.55. The molecule has 0 amide bonds. The Morgan fingerprint density at radius 3 is 2.73 bits per heavy atom. The van der Waals surface area contributed by atoms with Crippen molar-refractivity contribution in [2.45, 2.75) is 13.5 Å². The first-order valence-electron chi connectivity index (χ1n) is 12.1. The van der Waals surface area contributed by atoms with Crippen LogP contribution in [0.4, 0.5) is 4.39 Å². The first kappa shape index (κ1) is 22.9. The van der Waals surface area contributed by atoms with E-state index in [4.69, 9.17) is 4.74 Å². The fourth-order valence-electron chi connectivity index (χ4n) is 4.64. The van der Waals surface area contributed by atoms with E-state index in [2.05, 4.69) is 49.5 Å². The van der Waals surface area contributed by atoms with E-state index in [0.717, 1.165) is 74.2 Å². The highest BCUT2D eigenvalue weighted by Crippen LogP contribution is 2.36. The van der Waals surface area contributed by atoms with E-state index in [0.29, 0.717) is 5.75 Å². The van der Waals surface area contributed by atoms with Crippen molar-refractivity contribution in [2.75, 3.05) is 13.7 Å². The number of aromatic amines is 2. The van der Waals surface area contributed by atoms with Gasteiger partial charge in [-0.05, 0) is 59.6 Å². The summed E-state index contributed by atoms with van der Waals surface area (Å²) in [6.45, 7) is 3.73. The molecule has 3 N–H and O–H groups in total. The van der Waals surface area contributed by atoms with Crippen LogP contribution in [0, 0.1) is 5.82 Å². The van der Waals surface area contributed by atoms with Gasteiger partial charge in [-0.3, -0.25) is 15.1 Å². The minimum absolute atomic E-state index is 0.343. The minimum atomic E-state index is -0.343. The molecule has 0 aliphatic heterocycles. The Balaban J connectivity index is 1.43. The van der Waals surface area contributed by atoms with Crippen molar-refractivity contribution in [1.82, 2.24) is 30.5 Å². The van der Waals surface area contributed by atoms with Crippen LogP contribution >= 0.6 is 0 Å². The molecule has 0 aliphatic rings. The Bertz CT molecular complexity index is 1740. The fourth-order valence-corrected chi connectivity index (χ4v) is 4.64. The average molecular weight is 493 g/mol. The van der Waals surface area contributed by atoms with Gasteiger partial charge in [0.2, 0.25) is 0 Å². The second kappa shape index (κ2) is 9.48. The van der Waals surface area contributed by atoms with E-state index in [1.807, 2.05) is 42.7 Å². The zero-order valence-corrected chi connectivity index (χ0v) is 20.5. The summed E-state index contributed by atoms with van der Waals surface area (Å²) in [5.41, 5.74) is 7.94. The summed E-state index contributed by atoms with van der Waals surface area (Å²) in [6.07, 6.45) is 5.49. The van der Waals surface area contributed by atoms with Crippen LogP contribution in [-0.2, 0) is 6.54 Å². The number of aromatic nitrogens is 5. The lowest BCUT2D eigenvalue weighted by Gasteiger charge is -2.07. The zero-order chi connectivity index (χ0) is 25.4. The number of halogens is 1. The molecule has 0 saturated carbocycles. The normalized spacial score (nSPS) is 11.4. The Morgan fingerprint density at radius 1 is 0.946 bits per heavy atom. The second-order valence-corrected chi connectivity index (χ2v) is 8.88. The van der Waals surface area contributed by atoms with Gasteiger partial charge in [-0.15, -0.1) is 0 Å². The van der Waals surface area contributed by atoms with Crippen LogP contribution in [0.25, 0.3) is 55.6 Å². The second-order valence-electron chi connectivity index (χ2n) is 8.88. The number of H-pyrrole nitrogens is 2. The number of benzene rings is 2. The van der Waals surface area contributed by atoms with Gasteiger partial charge in [-0.25, -0.2) is 4.39 Å². The van der Waals surface area contributed by atoms with E-state index in [1.54, 1.807) is 6.20 Å². The summed E-state index contributed by atoms with van der Waals surface area (Å²) in [6, 6.07) is 16.9. The molecule has 0 fully saturated rings. The van der Waals surface area contributed by atoms with E-state index in [1.165, 1.54) is 19.2 Å². The van der Waals surface area contributed by atoms with Crippen LogP contribution in [0.2, 0.25) is 0 Å². The molecule has 0 unspecified atom stereocenters. The van der Waals surface area contributed by atoms with Crippen molar-refractivity contribution in [3.63, 3.8) is 0 Å². The van der Waals surface area contributed by atoms with Gasteiger partial charge in [0.15, 0.2) is 0 Å². The third kappa shape index (κ3) is 4.32. The molecular weight excluding hydrogens is 467 g/mol. The first-order chi connectivity index (χ1) is 18.1. The van der Waals surface area contributed by atoms with E-state index in [-0.39, 0.29) is 5.82 Å². The maximum atomic E-state index is 14.3. The molecule has 0 radical (unpaired) electrons. The van der Waals surface area contributed by atoms with Gasteiger partial charge in [0.25, 0.3) is 0 Å². The molecule has 4 heterocycles. The number of hydrogen-bond acceptors (Lipinski definition) is 5. The molecule has 6 aromatic rings. The van der Waals surface area contributed by atoms with Crippen LogP contribution < -0.4 is 10.1 Å². The van der Waals surface area contributed by atoms with Gasteiger partial charge >= 0.3 is 0 Å². The largest absolute Gasteiger partial charge is 0.497 e. The summed E-state index contributed by atoms with van der Waals surface area (Å²) in [5.74, 6) is 0.134. The monoisotopic (exact) mass is 492 g/mol. The van der Waals surface area contributed by atoms with Crippen molar-refractivity contribution in [3.8, 4) is 39.5 Å². The van der Waals surface area contributed by atoms with Crippen LogP contribution in [0.15, 0.2) is 73.2 Å². The lowest BCUT2D eigenvalue weighted by atomic mass is 10.0. The Hall–Kier alpha value is -4.56. The Labute approximate surface area is 212 Å². The van der Waals surface area contributed by atoms with Crippen molar-refractivity contribution in [1.29, 1.82) is 0 Å². The van der Waals surface area contributed by atoms with Crippen LogP contribution in [0.3, 0.4) is 0 Å². The highest BCUT2D eigenvalue weighted by molar-refractivity contribution is 6.01. The van der Waals surface area contributed by atoms with Gasteiger partial charge in [0.05, 0.1) is 30.2 Å². The number of methoxy groups -OCH3 is 1. The summed E-state index contributed by atoms with van der Waals surface area (Å²) < 4.78 is 19.5. The van der Waals surface area contributed by atoms with Crippen molar-refractivity contribution in [3.05, 3.63) is 84.6 Å². The predicted octanol–water partition coefficient (Wildman–Crippen LogP) is 6.09. The molecule has 4 aromatic heterocycles. The van der Waals surface area contributed by atoms with Gasteiger partial charge in [-0.1, -0.05) is 19.1 Å². The minimum Gasteiger partial charge on any atom is -0.497 e. The lowest BCUT2D eigenvalue weighted by Crippen LogP contribution is -2.11. The fraction of sp³-hybridized carbons (Fsp3) is 0.138. The number of hydrogen-bond donors (Lipinski definition) is 3. The molecule has 7 nitrogen and oxygen atoms in total. The van der Waals surface area contributed by atoms with Gasteiger partial charge in [0, 0.05) is 46.9 Å². The molecule has 0 atom stereocenters. The van der Waals surface area contributed by atoms with Gasteiger partial charge in [0.1, 0.15) is 17.3 Å². The van der Waals surface area contributed by atoms with Crippen molar-refractivity contribution >= 4 is 21.8 Å². The smallest absolute Gasteiger partial charge is 0.127 e. The van der Waals surface area contributed by atoms with Crippen molar-refractivity contribution < 1.29 is 9.13 Å². The highest BCUT2D eigenvalue weighted by Gasteiger charge is 2.16. The van der Waals surface area contributed by atoms with Crippen LogP contribution in [-0.4, -0.2) is 38.8 Å². The number of ether oxygens (including phenoxy) is 1. The number of nitrogens with zero attached hydrogens (tertiary/aromatic N) is 3. The van der Waals surface area contributed by atoms with Gasteiger partial charge in [-0.2, -0.15) is 5.10 Å². The van der Waals surface area contributed by atoms with Crippen LogP contribution in [0.1, 0.15) is 12.5 Å². The summed E-state index contributed by atoms with van der Waals surface area (Å²) in [5, 5.41) is 12.9. The summed E-state index contributed by atoms with van der Waals surface area (Å²) in [7, 11) is 1.54. The molecule has 0 bridgehead atoms. The maximum Gasteiger partial charge on any atom is 0.127 e. The third-order valence-corrected chi connectivity index (χ3v) is 6.45. The number of nitrogens with one attached hydrogen (secondary N) is 3. The highest BCUT2D eigenvalue weighted by atomic mass is 19.1. The first-order valence-corrected chi connectivity index (χ1v) is 12.1. The molecule has 2 aromatic carbocycles. The molecule has 184 valence electrons. The molecular formula is C29H25FN6O. The third-order valence-electron chi connectivity index (χ3n) is 6.45. The van der Waals surface area contributed by atoms with E-state index >= 15 is 0 Å². The molecule has 37 heavy (non-hydrogen) atoms. The Kier molecular flexibility index (Phi) is 5.86. The SMILES string of the molecule is CCNCc1cncc(-c2cc3c(-c4cc5c(-c6cc(F)cc(OC)c6)cccc5[nH]4)n[nH]c3cn2)c1. The number of fused-ring (bicyclic) bond motifs is 2. The number of rotatable bonds is 7. The molecule has 0 saturated heterocycles. The number of pyridine rings is 2. The standard InChI is InChI=1S/C29H25FN6O/c1-3-31-13-17-7-19(15-32-14-17)26-12-24-28(16-33-26)35-36-29(24)27-11-23-22(5-4-6-25(23)34-27)18-8-20(30)10-21(9-18)37-2/h4-12,14-16,31,34H,3,13H2,1-2H3,(H,35,36). The summed E-state index contributed by atoms with van der Waals surface area (Å²) in [4.78, 5) is 12.5. The maximum absolute atomic E-state index is 14.3. The molecule has 6 rings (SSSR count). The zero-order valence-electron chi connectivity index (χ0n) is 20.5. The molecule has 0 aliphatic carbocycles. The topological polar surface area (TPSA) is 91.5 Å². The quantitative estimate of drug-likeness (QED) is 0.251. The van der Waals surface area contributed by atoms with Crippen LogP contribution in [0.5, 0.6) is 5.75 Å². The summed E-state index contributed by atoms with van der Waals surface area (Å²) >= 11 is 0. The lowest BCUT2D eigenvalue weighted by molar-refractivity contribution is 0.411. The predicted molar refractivity (Wildman–Crippen MR) is 144 cm³/mol. The van der Waals surface area contributed by atoms with Gasteiger partial charge < -0.3 is 15.0 Å². The molecule has 8 heteroatoms. The van der Waals surface area contributed by atoms with E-state index < -0.39 is 0 Å². The Morgan fingerprint density at radius 2 is 1.86 bits per heavy atom. The molecule has 0 spiro atoms.